The first-order chi connectivity index (χ1) is 10.2. The molecule has 0 radical (unpaired) electrons. The minimum absolute atomic E-state index is 0. The molecule has 0 fully saturated rings. The average Bonchev–Trinajstić information content (AvgIpc) is 2.51. The van der Waals surface area contributed by atoms with Crippen LogP contribution >= 0.6 is 12.4 Å². The highest BCUT2D eigenvalue weighted by Crippen LogP contribution is 2.28. The molecule has 1 aromatic rings. The van der Waals surface area contributed by atoms with E-state index >= 15 is 0 Å². The number of methoxy groups -OCH3 is 1. The van der Waals surface area contributed by atoms with Crippen LogP contribution in [0.4, 0.5) is 0 Å². The number of nitrogens with one attached hydrogen (secondary N) is 1. The predicted octanol–water partition coefficient (Wildman–Crippen LogP) is 2.76. The molecule has 6 heteroatoms. The molecule has 0 atom stereocenters. The summed E-state index contributed by atoms with van der Waals surface area (Å²) in [5.74, 6) is 1.15. The summed E-state index contributed by atoms with van der Waals surface area (Å²) < 4.78 is 10.9. The summed E-state index contributed by atoms with van der Waals surface area (Å²) in [4.78, 5) is 12.0. The van der Waals surface area contributed by atoms with Crippen LogP contribution in [0, 0.1) is 0 Å². The van der Waals surface area contributed by atoms with Gasteiger partial charge >= 0.3 is 0 Å². The number of benzene rings is 1. The number of nitrogens with two attached hydrogens (primary N) is 1. The lowest BCUT2D eigenvalue weighted by molar-refractivity contribution is 0.0952. The molecule has 0 aromatic heterocycles. The molecule has 126 valence electrons. The zero-order valence-corrected chi connectivity index (χ0v) is 14.2. The van der Waals surface area contributed by atoms with Gasteiger partial charge in [0.1, 0.15) is 0 Å². The van der Waals surface area contributed by atoms with Crippen molar-refractivity contribution < 1.29 is 14.3 Å². The van der Waals surface area contributed by atoms with Gasteiger partial charge in [-0.1, -0.05) is 13.3 Å². The van der Waals surface area contributed by atoms with Gasteiger partial charge < -0.3 is 20.5 Å². The maximum atomic E-state index is 12.0. The maximum Gasteiger partial charge on any atom is 0.251 e. The Bertz CT molecular complexity index is 441. The number of carbonyl (C=O) groups is 1. The summed E-state index contributed by atoms with van der Waals surface area (Å²) in [6.07, 6.45) is 3.86. The van der Waals surface area contributed by atoms with Crippen molar-refractivity contribution in [1.82, 2.24) is 5.32 Å². The summed E-state index contributed by atoms with van der Waals surface area (Å²) in [6.45, 7) is 4.04. The molecular weight excluding hydrogens is 304 g/mol. The molecule has 22 heavy (non-hydrogen) atoms. The third-order valence-electron chi connectivity index (χ3n) is 3.10. The van der Waals surface area contributed by atoms with Crippen molar-refractivity contribution in [2.24, 2.45) is 5.73 Å². The molecular formula is C16H27ClN2O3. The molecule has 0 heterocycles. The second-order valence-electron chi connectivity index (χ2n) is 4.82. The normalized spacial score (nSPS) is 9.77. The molecule has 3 N–H and O–H groups in total. The fourth-order valence-electron chi connectivity index (χ4n) is 1.83. The first-order valence-corrected chi connectivity index (χ1v) is 7.52. The van der Waals surface area contributed by atoms with Crippen molar-refractivity contribution in [3.05, 3.63) is 23.8 Å². The van der Waals surface area contributed by atoms with Crippen molar-refractivity contribution >= 4 is 18.3 Å². The second kappa shape index (κ2) is 12.1. The van der Waals surface area contributed by atoms with Crippen LogP contribution in [0.3, 0.4) is 0 Å². The van der Waals surface area contributed by atoms with Crippen LogP contribution in [0.5, 0.6) is 11.5 Å². The van der Waals surface area contributed by atoms with E-state index in [1.807, 2.05) is 0 Å². The van der Waals surface area contributed by atoms with Crippen LogP contribution < -0.4 is 20.5 Å². The summed E-state index contributed by atoms with van der Waals surface area (Å²) in [7, 11) is 1.57. The van der Waals surface area contributed by atoms with Crippen molar-refractivity contribution in [1.29, 1.82) is 0 Å². The van der Waals surface area contributed by atoms with Crippen LogP contribution in [0.25, 0.3) is 0 Å². The van der Waals surface area contributed by atoms with Gasteiger partial charge in [0.05, 0.1) is 13.7 Å². The summed E-state index contributed by atoms with van der Waals surface area (Å²) >= 11 is 0. The number of hydrogen-bond donors (Lipinski definition) is 2. The third kappa shape index (κ3) is 7.00. The van der Waals surface area contributed by atoms with Crippen LogP contribution in [0.2, 0.25) is 0 Å². The molecule has 0 aliphatic heterocycles. The molecule has 5 nitrogen and oxygen atoms in total. The van der Waals surface area contributed by atoms with Crippen LogP contribution in [-0.2, 0) is 0 Å². The Kier molecular flexibility index (Phi) is 11.3. The second-order valence-corrected chi connectivity index (χ2v) is 4.82. The van der Waals surface area contributed by atoms with E-state index in [9.17, 15) is 4.79 Å². The number of unbranched alkanes of at least 4 members (excludes halogenated alkanes) is 2. The van der Waals surface area contributed by atoms with Crippen molar-refractivity contribution in [3.63, 3.8) is 0 Å². The fourth-order valence-corrected chi connectivity index (χ4v) is 1.83. The zero-order chi connectivity index (χ0) is 15.5. The number of amides is 1. The van der Waals surface area contributed by atoms with Gasteiger partial charge in [-0.05, 0) is 44.0 Å². The van der Waals surface area contributed by atoms with E-state index in [1.54, 1.807) is 25.3 Å². The highest BCUT2D eigenvalue weighted by atomic mass is 35.5. The van der Waals surface area contributed by atoms with E-state index in [2.05, 4.69) is 12.2 Å². The Hall–Kier alpha value is -1.46. The van der Waals surface area contributed by atoms with Gasteiger partial charge in [-0.25, -0.2) is 0 Å². The summed E-state index contributed by atoms with van der Waals surface area (Å²) in [5, 5.41) is 2.87. The van der Waals surface area contributed by atoms with Gasteiger partial charge in [0.25, 0.3) is 5.91 Å². The summed E-state index contributed by atoms with van der Waals surface area (Å²) in [5.41, 5.74) is 5.99. The van der Waals surface area contributed by atoms with Crippen LogP contribution in [-0.4, -0.2) is 32.7 Å². The SMILES string of the molecule is CCCCOc1ccc(C(=O)NCCCCN)cc1OC.Cl. The Balaban J connectivity index is 0.00000441. The van der Waals surface area contributed by atoms with Crippen molar-refractivity contribution in [2.45, 2.75) is 32.6 Å². The minimum Gasteiger partial charge on any atom is -0.493 e. The van der Waals surface area contributed by atoms with Crippen LogP contribution in [0.15, 0.2) is 18.2 Å². The fraction of sp³-hybridized carbons (Fsp3) is 0.562. The number of ether oxygens (including phenoxy) is 2. The first-order valence-electron chi connectivity index (χ1n) is 7.52. The van der Waals surface area contributed by atoms with Crippen LogP contribution in [0.1, 0.15) is 43.0 Å². The smallest absolute Gasteiger partial charge is 0.251 e. The zero-order valence-electron chi connectivity index (χ0n) is 13.4. The van der Waals surface area contributed by atoms with Gasteiger partial charge in [0.2, 0.25) is 0 Å². The lowest BCUT2D eigenvalue weighted by atomic mass is 10.2. The Morgan fingerprint density at radius 3 is 2.64 bits per heavy atom. The number of carbonyl (C=O) groups excluding carboxylic acids is 1. The molecule has 0 spiro atoms. The lowest BCUT2D eigenvalue weighted by Gasteiger charge is -2.12. The van der Waals surface area contributed by atoms with E-state index in [4.69, 9.17) is 15.2 Å². The molecule has 0 saturated carbocycles. The van der Waals surface area contributed by atoms with E-state index < -0.39 is 0 Å². The third-order valence-corrected chi connectivity index (χ3v) is 3.10. The molecule has 0 aliphatic rings. The number of hydrogen-bond acceptors (Lipinski definition) is 4. The predicted molar refractivity (Wildman–Crippen MR) is 91.3 cm³/mol. The van der Waals surface area contributed by atoms with Gasteiger partial charge in [0.15, 0.2) is 11.5 Å². The van der Waals surface area contributed by atoms with Gasteiger partial charge in [-0.2, -0.15) is 0 Å². The molecule has 1 rings (SSSR count). The Morgan fingerprint density at radius 2 is 2.00 bits per heavy atom. The van der Waals surface area contributed by atoms with Crippen molar-refractivity contribution in [2.75, 3.05) is 26.8 Å². The largest absolute Gasteiger partial charge is 0.493 e. The molecule has 0 bridgehead atoms. The number of halogens is 1. The monoisotopic (exact) mass is 330 g/mol. The lowest BCUT2D eigenvalue weighted by Crippen LogP contribution is -2.24. The standard InChI is InChI=1S/C16H26N2O3.ClH/c1-3-4-11-21-14-8-7-13(12-15(14)20-2)16(19)18-10-6-5-9-17;/h7-8,12H,3-6,9-11,17H2,1-2H3,(H,18,19);1H. The topological polar surface area (TPSA) is 73.6 Å². The average molecular weight is 331 g/mol. The Morgan fingerprint density at radius 1 is 1.23 bits per heavy atom. The van der Waals surface area contributed by atoms with Gasteiger partial charge in [-0.15, -0.1) is 12.4 Å². The first kappa shape index (κ1) is 20.5. The quantitative estimate of drug-likeness (QED) is 0.647. The van der Waals surface area contributed by atoms with E-state index in [-0.39, 0.29) is 18.3 Å². The Labute approximate surface area is 139 Å². The van der Waals surface area contributed by atoms with E-state index in [0.717, 1.165) is 25.7 Å². The highest BCUT2D eigenvalue weighted by molar-refractivity contribution is 5.94. The number of rotatable bonds is 10. The van der Waals surface area contributed by atoms with E-state index in [0.29, 0.717) is 36.8 Å². The maximum absolute atomic E-state index is 12.0. The molecule has 0 unspecified atom stereocenters. The van der Waals surface area contributed by atoms with Gasteiger partial charge in [-0.3, -0.25) is 4.79 Å². The summed E-state index contributed by atoms with van der Waals surface area (Å²) in [6, 6.07) is 5.24. The highest BCUT2D eigenvalue weighted by Gasteiger charge is 2.10. The molecule has 1 aromatic carbocycles. The molecule has 0 saturated heterocycles. The van der Waals surface area contributed by atoms with E-state index in [1.165, 1.54) is 0 Å². The molecule has 1 amide bonds. The minimum atomic E-state index is -0.106. The molecule has 0 aliphatic carbocycles. The van der Waals surface area contributed by atoms with Crippen molar-refractivity contribution in [3.8, 4) is 11.5 Å². The van der Waals surface area contributed by atoms with Gasteiger partial charge in [0, 0.05) is 12.1 Å².